The number of rotatable bonds is 33. The minimum atomic E-state index is -3.91. The molecule has 12 heteroatoms. The van der Waals surface area contributed by atoms with Crippen LogP contribution in [0.5, 0.6) is 0 Å². The van der Waals surface area contributed by atoms with E-state index in [1.165, 1.54) is 89.9 Å². The first-order valence-corrected chi connectivity index (χ1v) is 20.5. The zero-order chi connectivity index (χ0) is 33.2. The summed E-state index contributed by atoms with van der Waals surface area (Å²) < 4.78 is 45.3. The van der Waals surface area contributed by atoms with Crippen LogP contribution >= 0.6 is 15.6 Å². The van der Waals surface area contributed by atoms with Crippen molar-refractivity contribution in [3.05, 3.63) is 0 Å². The highest BCUT2D eigenvalue weighted by molar-refractivity contribution is 7.47. The smallest absolute Gasteiger partial charge is 0.329 e. The van der Waals surface area contributed by atoms with E-state index in [1.807, 2.05) is 42.3 Å². The van der Waals surface area contributed by atoms with E-state index in [9.17, 15) is 18.9 Å². The van der Waals surface area contributed by atoms with Gasteiger partial charge in [0.15, 0.2) is 0 Å². The van der Waals surface area contributed by atoms with E-state index in [0.29, 0.717) is 22.1 Å². The van der Waals surface area contributed by atoms with Crippen LogP contribution in [-0.4, -0.2) is 101 Å². The molecule has 0 saturated carbocycles. The minimum Gasteiger partial charge on any atom is -0.329 e. The van der Waals surface area contributed by atoms with E-state index in [2.05, 4.69) is 0 Å². The van der Waals surface area contributed by atoms with Gasteiger partial charge in [-0.15, -0.1) is 0 Å². The van der Waals surface area contributed by atoms with Crippen LogP contribution in [0.4, 0.5) is 0 Å². The van der Waals surface area contributed by atoms with Crippen LogP contribution in [0.25, 0.3) is 0 Å². The third-order valence-corrected chi connectivity index (χ3v) is 9.62. The minimum absolute atomic E-state index is 0.216. The second-order valence-electron chi connectivity index (χ2n) is 14.4. The Labute approximate surface area is 271 Å². The lowest BCUT2D eigenvalue weighted by Gasteiger charge is -2.24. The van der Waals surface area contributed by atoms with Gasteiger partial charge >= 0.3 is 15.6 Å². The van der Waals surface area contributed by atoms with E-state index < -0.39 is 15.6 Å². The Kier molecular flexibility index (Phi) is 26.2. The Hall–Kier alpha value is 0.140. The predicted molar refractivity (Wildman–Crippen MR) is 182 cm³/mol. The molecule has 0 spiro atoms. The number of quaternary nitrogens is 2. The van der Waals surface area contributed by atoms with Gasteiger partial charge in [0.1, 0.15) is 26.3 Å². The van der Waals surface area contributed by atoms with Gasteiger partial charge in [-0.2, -0.15) is 0 Å². The molecule has 0 bridgehead atoms. The van der Waals surface area contributed by atoms with Gasteiger partial charge in [0, 0.05) is 0 Å². The highest BCUT2D eigenvalue weighted by Gasteiger charge is 2.23. The maximum absolute atomic E-state index is 11.9. The lowest BCUT2D eigenvalue weighted by Crippen LogP contribution is -2.37. The molecule has 44 heavy (non-hydrogen) atoms. The van der Waals surface area contributed by atoms with Gasteiger partial charge in [-0.1, -0.05) is 116 Å². The molecule has 0 aliphatic rings. The number of nitrogens with zero attached hydrogens (tertiary/aromatic N) is 2. The second kappa shape index (κ2) is 26.1. The molecule has 0 heterocycles. The Morgan fingerprint density at radius 3 is 0.750 bits per heavy atom. The Morgan fingerprint density at radius 2 is 0.545 bits per heavy atom. The summed E-state index contributed by atoms with van der Waals surface area (Å²) in [6.07, 6.45) is 24.4. The van der Waals surface area contributed by atoms with Gasteiger partial charge < -0.3 is 18.8 Å². The largest absolute Gasteiger partial charge is 0.472 e. The molecule has 266 valence electrons. The van der Waals surface area contributed by atoms with Gasteiger partial charge in [-0.25, -0.2) is 9.13 Å². The lowest BCUT2D eigenvalue weighted by molar-refractivity contribution is -0.870. The fourth-order valence-electron chi connectivity index (χ4n) is 4.68. The summed E-state index contributed by atoms with van der Waals surface area (Å²) >= 11 is 0. The standard InChI is InChI=1S/C32H70N2O8P2/c1-33(2,3)27-31-41-43(35,36)39-29-25-23-21-19-17-15-13-11-9-7-8-10-12-14-16-18-20-22-24-26-30-40-44(37,38)42-32-28-34(4,5)6/h7-32H2,1-6H3/p+2. The summed E-state index contributed by atoms with van der Waals surface area (Å²) in [7, 11) is 4.24. The van der Waals surface area contributed by atoms with Gasteiger partial charge in [0.25, 0.3) is 0 Å². The molecule has 0 aromatic rings. The van der Waals surface area contributed by atoms with Crippen molar-refractivity contribution in [1.29, 1.82) is 0 Å². The van der Waals surface area contributed by atoms with Crippen molar-refractivity contribution in [1.82, 2.24) is 0 Å². The molecule has 10 nitrogen and oxygen atoms in total. The van der Waals surface area contributed by atoms with Gasteiger partial charge in [-0.05, 0) is 12.8 Å². The van der Waals surface area contributed by atoms with E-state index in [0.717, 1.165) is 38.5 Å². The van der Waals surface area contributed by atoms with Crippen molar-refractivity contribution in [2.24, 2.45) is 0 Å². The molecule has 0 saturated heterocycles. The topological polar surface area (TPSA) is 112 Å². The third kappa shape index (κ3) is 35.0. The first-order chi connectivity index (χ1) is 20.6. The zero-order valence-corrected chi connectivity index (χ0v) is 31.3. The summed E-state index contributed by atoms with van der Waals surface area (Å²) in [6, 6.07) is 0. The molecule has 2 unspecified atom stereocenters. The van der Waals surface area contributed by atoms with Crippen molar-refractivity contribution in [3.8, 4) is 0 Å². The van der Waals surface area contributed by atoms with E-state index >= 15 is 0 Å². The van der Waals surface area contributed by atoms with E-state index in [-0.39, 0.29) is 26.4 Å². The average molecular weight is 675 g/mol. The number of hydrogen-bond acceptors (Lipinski definition) is 6. The number of likely N-dealkylation sites (N-methyl/N-ethyl adjacent to an activating group) is 2. The molecule has 0 aromatic carbocycles. The second-order valence-corrected chi connectivity index (χ2v) is 17.3. The normalized spacial score (nSPS) is 15.4. The Balaban J connectivity index is 3.31. The molecule has 0 aromatic heterocycles. The maximum Gasteiger partial charge on any atom is 0.472 e. The van der Waals surface area contributed by atoms with Crippen LogP contribution < -0.4 is 0 Å². The van der Waals surface area contributed by atoms with Crippen LogP contribution in [0.3, 0.4) is 0 Å². The summed E-state index contributed by atoms with van der Waals surface area (Å²) in [6.45, 7) is 2.31. The Bertz CT molecular complexity index is 698. The van der Waals surface area contributed by atoms with Crippen LogP contribution in [0.15, 0.2) is 0 Å². The first-order valence-electron chi connectivity index (χ1n) is 17.5. The highest BCUT2D eigenvalue weighted by Crippen LogP contribution is 2.44. The van der Waals surface area contributed by atoms with Crippen molar-refractivity contribution in [2.75, 3.05) is 81.8 Å². The number of phosphoric acid groups is 2. The molecule has 0 aliphatic carbocycles. The quantitative estimate of drug-likeness (QED) is 0.0405. The summed E-state index contributed by atoms with van der Waals surface area (Å²) in [4.78, 5) is 19.4. The van der Waals surface area contributed by atoms with Crippen molar-refractivity contribution in [2.45, 2.75) is 128 Å². The monoisotopic (exact) mass is 674 g/mol. The van der Waals surface area contributed by atoms with Crippen molar-refractivity contribution >= 4 is 15.6 Å². The SMILES string of the molecule is C[N+](C)(C)CCOP(=O)(O)OCCCCCCCCCCCCCCCCCCCCCCOP(=O)(O)OCC[N+](C)(C)C. The third-order valence-electron chi connectivity index (χ3n) is 7.58. The van der Waals surface area contributed by atoms with Crippen LogP contribution in [0, 0.1) is 0 Å². The molecule has 2 N–H and O–H groups in total. The molecule has 0 aliphatic heterocycles. The first kappa shape index (κ1) is 44.1. The Morgan fingerprint density at radius 1 is 0.364 bits per heavy atom. The fourth-order valence-corrected chi connectivity index (χ4v) is 6.17. The van der Waals surface area contributed by atoms with E-state index in [1.54, 1.807) is 0 Å². The van der Waals surface area contributed by atoms with Crippen LogP contribution in [-0.2, 0) is 27.2 Å². The zero-order valence-electron chi connectivity index (χ0n) is 29.5. The van der Waals surface area contributed by atoms with E-state index in [4.69, 9.17) is 18.1 Å². The highest BCUT2D eigenvalue weighted by atomic mass is 31.2. The maximum atomic E-state index is 11.9. The molecule has 0 fully saturated rings. The van der Waals surface area contributed by atoms with Crippen LogP contribution in [0.1, 0.15) is 128 Å². The molecule has 0 amide bonds. The van der Waals surface area contributed by atoms with Crippen molar-refractivity contribution in [3.63, 3.8) is 0 Å². The van der Waals surface area contributed by atoms with Gasteiger partial charge in [0.2, 0.25) is 0 Å². The number of unbranched alkanes of at least 4 members (excludes halogenated alkanes) is 19. The molecule has 0 radical (unpaired) electrons. The van der Waals surface area contributed by atoms with Gasteiger partial charge in [-0.3, -0.25) is 18.1 Å². The summed E-state index contributed by atoms with van der Waals surface area (Å²) in [5, 5.41) is 0. The number of hydrogen-bond donors (Lipinski definition) is 2. The molecular formula is C32H72N2O8P2+2. The molecule has 0 rings (SSSR count). The average Bonchev–Trinajstić information content (AvgIpc) is 2.89. The lowest BCUT2D eigenvalue weighted by atomic mass is 10.0. The van der Waals surface area contributed by atoms with Gasteiger partial charge in [0.05, 0.1) is 55.5 Å². The molecular weight excluding hydrogens is 602 g/mol. The van der Waals surface area contributed by atoms with Crippen LogP contribution in [0.2, 0.25) is 0 Å². The van der Waals surface area contributed by atoms with Crippen molar-refractivity contribution < 1.29 is 46.0 Å². The summed E-state index contributed by atoms with van der Waals surface area (Å²) in [5.41, 5.74) is 0. The number of phosphoric ester groups is 2. The summed E-state index contributed by atoms with van der Waals surface area (Å²) in [5.74, 6) is 0. The predicted octanol–water partition coefficient (Wildman–Crippen LogP) is 8.47. The molecule has 2 atom stereocenters. The fraction of sp³-hybridized carbons (Fsp3) is 1.00.